The Balaban J connectivity index is 3.02. The summed E-state index contributed by atoms with van der Waals surface area (Å²) in [7, 11) is 1.67. The van der Waals surface area contributed by atoms with Gasteiger partial charge < -0.3 is 10.0 Å². The van der Waals surface area contributed by atoms with E-state index in [4.69, 9.17) is 5.11 Å². The molecule has 1 N–H and O–H groups in total. The van der Waals surface area contributed by atoms with Crippen molar-refractivity contribution in [3.8, 4) is 0 Å². The van der Waals surface area contributed by atoms with Gasteiger partial charge in [0.15, 0.2) is 5.69 Å². The number of hydrogen-bond acceptors (Lipinski definition) is 6. The molecular formula is C11H15N3O4S. The first kappa shape index (κ1) is 15.2. The van der Waals surface area contributed by atoms with E-state index in [0.29, 0.717) is 6.54 Å². The number of aromatic nitrogens is 1. The molecule has 0 aliphatic carbocycles. The maximum atomic E-state index is 10.9. The van der Waals surface area contributed by atoms with E-state index in [0.717, 1.165) is 18.2 Å². The predicted octanol–water partition coefficient (Wildman–Crippen LogP) is 1.88. The predicted molar refractivity (Wildman–Crippen MR) is 74.1 cm³/mol. The van der Waals surface area contributed by atoms with Gasteiger partial charge in [0.25, 0.3) is 0 Å². The normalized spacial score (nSPS) is 10.2. The molecule has 0 spiro atoms. The van der Waals surface area contributed by atoms with E-state index >= 15 is 0 Å². The summed E-state index contributed by atoms with van der Waals surface area (Å²) in [6.07, 6.45) is 2.82. The van der Waals surface area contributed by atoms with Gasteiger partial charge in [-0.25, -0.2) is 9.78 Å². The number of carbonyl (C=O) groups is 1. The van der Waals surface area contributed by atoms with Gasteiger partial charge in [0.1, 0.15) is 0 Å². The molecule has 0 amide bonds. The number of nitrogens with zero attached hydrogens (tertiary/aromatic N) is 3. The van der Waals surface area contributed by atoms with Gasteiger partial charge in [-0.1, -0.05) is 0 Å². The average Bonchev–Trinajstić information content (AvgIpc) is 2.37. The molecule has 0 atom stereocenters. The molecule has 0 unspecified atom stereocenters. The Morgan fingerprint density at radius 1 is 1.58 bits per heavy atom. The zero-order valence-electron chi connectivity index (χ0n) is 10.7. The number of anilines is 1. The van der Waals surface area contributed by atoms with Crippen molar-refractivity contribution >= 4 is 29.2 Å². The quantitative estimate of drug-likeness (QED) is 0.464. The maximum absolute atomic E-state index is 10.9. The van der Waals surface area contributed by atoms with Crippen molar-refractivity contribution in [2.45, 2.75) is 6.42 Å². The highest BCUT2D eigenvalue weighted by molar-refractivity contribution is 7.98. The van der Waals surface area contributed by atoms with Gasteiger partial charge in [-0.15, -0.1) is 0 Å². The Kier molecular flexibility index (Phi) is 5.56. The molecule has 0 aliphatic rings. The third-order valence-corrected chi connectivity index (χ3v) is 3.17. The van der Waals surface area contributed by atoms with E-state index in [9.17, 15) is 14.9 Å². The minimum absolute atomic E-state index is 0.0889. The summed E-state index contributed by atoms with van der Waals surface area (Å²) >= 11 is 1.68. The van der Waals surface area contributed by atoms with Gasteiger partial charge >= 0.3 is 11.7 Å². The van der Waals surface area contributed by atoms with Crippen LogP contribution in [-0.4, -0.2) is 46.6 Å². The van der Waals surface area contributed by atoms with E-state index in [1.807, 2.05) is 6.26 Å². The van der Waals surface area contributed by atoms with E-state index in [2.05, 4.69) is 4.98 Å². The number of thioether (sulfide) groups is 1. The molecule has 0 aliphatic heterocycles. The Bertz CT molecular complexity index is 481. The summed E-state index contributed by atoms with van der Waals surface area (Å²) in [5, 5.41) is 19.8. The molecule has 1 rings (SSSR count). The van der Waals surface area contributed by atoms with Crippen LogP contribution < -0.4 is 4.90 Å². The molecule has 1 aromatic rings. The number of hydrogen-bond donors (Lipinski definition) is 1. The van der Waals surface area contributed by atoms with Crippen LogP contribution in [0.5, 0.6) is 0 Å². The zero-order valence-corrected chi connectivity index (χ0v) is 11.5. The minimum Gasteiger partial charge on any atom is -0.477 e. The number of carboxylic acids is 1. The fourth-order valence-electron chi connectivity index (χ4n) is 1.54. The summed E-state index contributed by atoms with van der Waals surface area (Å²) in [5.41, 5.74) is -0.381. The highest BCUT2D eigenvalue weighted by atomic mass is 32.2. The van der Waals surface area contributed by atoms with Crippen molar-refractivity contribution in [2.75, 3.05) is 30.5 Å². The van der Waals surface area contributed by atoms with Crippen LogP contribution in [0.25, 0.3) is 0 Å². The van der Waals surface area contributed by atoms with Crippen molar-refractivity contribution in [2.24, 2.45) is 0 Å². The molecule has 104 valence electrons. The first-order valence-electron chi connectivity index (χ1n) is 5.56. The molecule has 8 heteroatoms. The SMILES string of the molecule is CSCCCN(C)c1nc(C(=O)O)ccc1[N+](=O)[O-]. The molecule has 0 aromatic carbocycles. The zero-order chi connectivity index (χ0) is 14.4. The largest absolute Gasteiger partial charge is 0.477 e. The molecule has 0 saturated carbocycles. The smallest absolute Gasteiger partial charge is 0.354 e. The summed E-state index contributed by atoms with van der Waals surface area (Å²) in [6.45, 7) is 0.581. The molecular weight excluding hydrogens is 270 g/mol. The third-order valence-electron chi connectivity index (χ3n) is 2.47. The molecule has 19 heavy (non-hydrogen) atoms. The van der Waals surface area contributed by atoms with Crippen LogP contribution in [0.1, 0.15) is 16.9 Å². The fraction of sp³-hybridized carbons (Fsp3) is 0.455. The van der Waals surface area contributed by atoms with Gasteiger partial charge in [0, 0.05) is 19.7 Å². The van der Waals surface area contributed by atoms with Crippen molar-refractivity contribution < 1.29 is 14.8 Å². The first-order valence-corrected chi connectivity index (χ1v) is 6.95. The number of pyridine rings is 1. The lowest BCUT2D eigenvalue weighted by Crippen LogP contribution is -2.22. The van der Waals surface area contributed by atoms with E-state index < -0.39 is 10.9 Å². The van der Waals surface area contributed by atoms with Crippen molar-refractivity contribution in [1.29, 1.82) is 0 Å². The number of nitro groups is 1. The number of aromatic carboxylic acids is 1. The maximum Gasteiger partial charge on any atom is 0.354 e. The Hall–Kier alpha value is -1.83. The minimum atomic E-state index is -1.20. The molecule has 7 nitrogen and oxygen atoms in total. The van der Waals surface area contributed by atoms with Gasteiger partial charge in [-0.3, -0.25) is 10.1 Å². The molecule has 1 aromatic heterocycles. The average molecular weight is 285 g/mol. The summed E-state index contributed by atoms with van der Waals surface area (Å²) in [4.78, 5) is 26.7. The topological polar surface area (TPSA) is 96.6 Å². The lowest BCUT2D eigenvalue weighted by molar-refractivity contribution is -0.384. The molecule has 0 bridgehead atoms. The monoisotopic (exact) mass is 285 g/mol. The van der Waals surface area contributed by atoms with E-state index in [1.54, 1.807) is 23.7 Å². The molecule has 0 saturated heterocycles. The van der Waals surface area contributed by atoms with Crippen molar-refractivity contribution in [3.05, 3.63) is 27.9 Å². The van der Waals surface area contributed by atoms with Crippen LogP contribution in [0.2, 0.25) is 0 Å². The summed E-state index contributed by atoms with van der Waals surface area (Å²) < 4.78 is 0. The first-order chi connectivity index (χ1) is 8.97. The highest BCUT2D eigenvalue weighted by Gasteiger charge is 2.21. The third kappa shape index (κ3) is 4.09. The number of carboxylic acid groups (broad SMARTS) is 1. The second kappa shape index (κ2) is 6.93. The second-order valence-corrected chi connectivity index (χ2v) is 4.85. The molecule has 1 heterocycles. The van der Waals surface area contributed by atoms with E-state index in [-0.39, 0.29) is 17.2 Å². The van der Waals surface area contributed by atoms with E-state index in [1.165, 1.54) is 6.07 Å². The Morgan fingerprint density at radius 2 is 2.26 bits per heavy atom. The van der Waals surface area contributed by atoms with Gasteiger partial charge in [0.2, 0.25) is 5.82 Å². The van der Waals surface area contributed by atoms with Crippen LogP contribution in [0.4, 0.5) is 11.5 Å². The standard InChI is InChI=1S/C11H15N3O4S/c1-13(6-3-7-19-2)10-9(14(17)18)5-4-8(12-10)11(15)16/h4-5H,3,6-7H2,1-2H3,(H,15,16). The fourth-order valence-corrected chi connectivity index (χ4v) is 1.95. The van der Waals surface area contributed by atoms with Crippen LogP contribution in [-0.2, 0) is 0 Å². The summed E-state index contributed by atoms with van der Waals surface area (Å²) in [5.74, 6) is -0.184. The van der Waals surface area contributed by atoms with Crippen LogP contribution in [0, 0.1) is 10.1 Å². The summed E-state index contributed by atoms with van der Waals surface area (Å²) in [6, 6.07) is 2.32. The Morgan fingerprint density at radius 3 is 2.79 bits per heavy atom. The van der Waals surface area contributed by atoms with Crippen molar-refractivity contribution in [3.63, 3.8) is 0 Å². The lowest BCUT2D eigenvalue weighted by Gasteiger charge is -2.17. The Labute approximate surface area is 114 Å². The lowest BCUT2D eigenvalue weighted by atomic mass is 10.3. The van der Waals surface area contributed by atoms with Gasteiger partial charge in [-0.2, -0.15) is 11.8 Å². The van der Waals surface area contributed by atoms with Gasteiger partial charge in [0.05, 0.1) is 4.92 Å². The second-order valence-electron chi connectivity index (χ2n) is 3.87. The van der Waals surface area contributed by atoms with Crippen LogP contribution in [0.3, 0.4) is 0 Å². The van der Waals surface area contributed by atoms with Crippen LogP contribution >= 0.6 is 11.8 Å². The van der Waals surface area contributed by atoms with Gasteiger partial charge in [-0.05, 0) is 24.5 Å². The highest BCUT2D eigenvalue weighted by Crippen LogP contribution is 2.25. The molecule has 0 fully saturated rings. The van der Waals surface area contributed by atoms with Crippen LogP contribution in [0.15, 0.2) is 12.1 Å². The number of rotatable bonds is 7. The molecule has 0 radical (unpaired) electrons. The van der Waals surface area contributed by atoms with Crippen molar-refractivity contribution in [1.82, 2.24) is 4.98 Å².